The Hall–Kier alpha value is -3.33. The van der Waals surface area contributed by atoms with Crippen LogP contribution < -0.4 is 20.9 Å². The minimum Gasteiger partial charge on any atom is -0.491 e. The molecule has 1 heterocycles. The quantitative estimate of drug-likeness (QED) is 0.157. The number of rotatable bonds is 13. The van der Waals surface area contributed by atoms with Gasteiger partial charge >= 0.3 is 0 Å². The second-order valence-electron chi connectivity index (χ2n) is 8.01. The van der Waals surface area contributed by atoms with Crippen LogP contribution in [-0.2, 0) is 9.59 Å². The molecule has 4 N–H and O–H groups in total. The molecule has 0 spiro atoms. The summed E-state index contributed by atoms with van der Waals surface area (Å²) in [6, 6.07) is 10.6. The fourth-order valence-corrected chi connectivity index (χ4v) is 3.29. The Labute approximate surface area is 193 Å². The van der Waals surface area contributed by atoms with Gasteiger partial charge < -0.3 is 19.8 Å². The molecule has 0 radical (unpaired) electrons. The van der Waals surface area contributed by atoms with Crippen molar-refractivity contribution in [1.82, 2.24) is 16.1 Å². The monoisotopic (exact) mass is 459 g/mol. The fraction of sp³-hybridized carbons (Fsp3) is 0.458. The molecule has 1 atom stereocenters. The second kappa shape index (κ2) is 13.3. The Morgan fingerprint density at radius 1 is 1.09 bits per heavy atom. The molecule has 2 rings (SSSR count). The lowest BCUT2D eigenvalue weighted by molar-refractivity contribution is -0.135. The van der Waals surface area contributed by atoms with E-state index in [1.807, 2.05) is 45.0 Å². The number of hydrogen-bond donors (Lipinski definition) is 4. The number of ether oxygens (including phenoxy) is 1. The number of carbonyl (C=O) groups excluding carboxylic acids is 3. The Bertz CT molecular complexity index is 924. The van der Waals surface area contributed by atoms with Gasteiger partial charge in [0.25, 0.3) is 5.91 Å². The summed E-state index contributed by atoms with van der Waals surface area (Å²) >= 11 is 0. The maximum Gasteiger partial charge on any atom is 0.288 e. The summed E-state index contributed by atoms with van der Waals surface area (Å²) in [5.41, 5.74) is 2.33. The Balaban J connectivity index is 1.90. The predicted octanol–water partition coefficient (Wildman–Crippen LogP) is 3.63. The zero-order valence-corrected chi connectivity index (χ0v) is 19.3. The molecular weight excluding hydrogens is 426 g/mol. The highest BCUT2D eigenvalue weighted by Crippen LogP contribution is 2.26. The summed E-state index contributed by atoms with van der Waals surface area (Å²) < 4.78 is 11.4. The third-order valence-electron chi connectivity index (χ3n) is 4.92. The number of carbonyl (C=O) groups is 3. The van der Waals surface area contributed by atoms with Gasteiger partial charge in [0, 0.05) is 17.9 Å². The highest BCUT2D eigenvalue weighted by Gasteiger charge is 2.21. The molecule has 33 heavy (non-hydrogen) atoms. The Morgan fingerprint density at radius 2 is 1.88 bits per heavy atom. The fourth-order valence-electron chi connectivity index (χ4n) is 3.29. The molecule has 9 heteroatoms. The van der Waals surface area contributed by atoms with Gasteiger partial charge in [-0.05, 0) is 44.5 Å². The van der Waals surface area contributed by atoms with E-state index in [1.54, 1.807) is 17.6 Å². The van der Waals surface area contributed by atoms with Crippen LogP contribution in [0.25, 0.3) is 11.3 Å². The highest BCUT2D eigenvalue weighted by atomic mass is 16.5. The molecule has 9 nitrogen and oxygen atoms in total. The zero-order chi connectivity index (χ0) is 24.2. The summed E-state index contributed by atoms with van der Waals surface area (Å²) in [4.78, 5) is 36.3. The van der Waals surface area contributed by atoms with Gasteiger partial charge in [-0.25, -0.2) is 5.48 Å². The van der Waals surface area contributed by atoms with E-state index < -0.39 is 17.7 Å². The standard InChI is InChI=1S/C24H33N3O6/c1-4-5-6-8-18(14-22(28)27-31)23(29)25-15-26-24(30)21-12-11-20(33-21)17-9-7-10-19(13-17)32-16(2)3/h7,9-13,16,18,31H,4-6,8,14-15H2,1-3H3,(H,25,29)(H,26,30)(H,27,28)/t18-/m1/s1. The maximum absolute atomic E-state index is 12.4. The van der Waals surface area contributed by atoms with Crippen molar-refractivity contribution >= 4 is 17.7 Å². The lowest BCUT2D eigenvalue weighted by atomic mass is 9.96. The van der Waals surface area contributed by atoms with Gasteiger partial charge in [-0.2, -0.15) is 0 Å². The summed E-state index contributed by atoms with van der Waals surface area (Å²) in [5, 5.41) is 13.9. The normalized spacial score (nSPS) is 11.7. The van der Waals surface area contributed by atoms with Crippen LogP contribution in [0.3, 0.4) is 0 Å². The van der Waals surface area contributed by atoms with Crippen LogP contribution >= 0.6 is 0 Å². The van der Waals surface area contributed by atoms with Crippen molar-refractivity contribution in [2.24, 2.45) is 5.92 Å². The van der Waals surface area contributed by atoms with Crippen LogP contribution in [0, 0.1) is 5.92 Å². The van der Waals surface area contributed by atoms with Crippen molar-refractivity contribution in [3.63, 3.8) is 0 Å². The molecular formula is C24H33N3O6. The lowest BCUT2D eigenvalue weighted by Gasteiger charge is -2.16. The average Bonchev–Trinajstić information content (AvgIpc) is 3.28. The number of furan rings is 1. The van der Waals surface area contributed by atoms with Crippen molar-refractivity contribution in [2.75, 3.05) is 6.67 Å². The van der Waals surface area contributed by atoms with Crippen molar-refractivity contribution < 1.29 is 28.7 Å². The van der Waals surface area contributed by atoms with E-state index in [0.29, 0.717) is 17.9 Å². The van der Waals surface area contributed by atoms with E-state index in [9.17, 15) is 14.4 Å². The predicted molar refractivity (Wildman–Crippen MR) is 123 cm³/mol. The second-order valence-corrected chi connectivity index (χ2v) is 8.01. The molecule has 180 valence electrons. The first-order chi connectivity index (χ1) is 15.8. The first-order valence-electron chi connectivity index (χ1n) is 11.2. The zero-order valence-electron chi connectivity index (χ0n) is 19.3. The largest absolute Gasteiger partial charge is 0.491 e. The molecule has 0 fully saturated rings. The Morgan fingerprint density at radius 3 is 2.58 bits per heavy atom. The molecule has 0 saturated carbocycles. The van der Waals surface area contributed by atoms with Crippen LogP contribution in [0.15, 0.2) is 40.8 Å². The number of amides is 3. The summed E-state index contributed by atoms with van der Waals surface area (Å²) in [6.45, 7) is 5.81. The van der Waals surface area contributed by atoms with Crippen molar-refractivity contribution in [3.8, 4) is 17.1 Å². The molecule has 0 unspecified atom stereocenters. The van der Waals surface area contributed by atoms with E-state index in [4.69, 9.17) is 14.4 Å². The minimum atomic E-state index is -0.623. The maximum atomic E-state index is 12.4. The van der Waals surface area contributed by atoms with Crippen LogP contribution in [0.1, 0.15) is 63.4 Å². The van der Waals surface area contributed by atoms with Crippen LogP contribution in [0.2, 0.25) is 0 Å². The highest BCUT2D eigenvalue weighted by molar-refractivity contribution is 5.92. The summed E-state index contributed by atoms with van der Waals surface area (Å²) in [7, 11) is 0. The smallest absolute Gasteiger partial charge is 0.288 e. The van der Waals surface area contributed by atoms with E-state index in [1.165, 1.54) is 0 Å². The van der Waals surface area contributed by atoms with Gasteiger partial charge in [0.15, 0.2) is 5.76 Å². The molecule has 1 aromatic carbocycles. The van der Waals surface area contributed by atoms with E-state index in [0.717, 1.165) is 24.8 Å². The molecule has 2 aromatic rings. The summed E-state index contributed by atoms with van der Waals surface area (Å²) in [6.07, 6.45) is 3.14. The lowest BCUT2D eigenvalue weighted by Crippen LogP contribution is -2.41. The Kier molecular flexibility index (Phi) is 10.4. The SMILES string of the molecule is CCCCC[C@H](CC(=O)NO)C(=O)NCNC(=O)c1ccc(-c2cccc(OC(C)C)c2)o1. The number of unbranched alkanes of at least 4 members (excludes halogenated alkanes) is 2. The molecule has 0 aliphatic heterocycles. The van der Waals surface area contributed by atoms with Gasteiger partial charge in [0.05, 0.1) is 12.8 Å². The first kappa shape index (κ1) is 25.9. The third kappa shape index (κ3) is 8.61. The van der Waals surface area contributed by atoms with Gasteiger partial charge in [-0.3, -0.25) is 19.6 Å². The molecule has 3 amide bonds. The first-order valence-corrected chi connectivity index (χ1v) is 11.2. The third-order valence-corrected chi connectivity index (χ3v) is 4.92. The van der Waals surface area contributed by atoms with E-state index in [-0.39, 0.29) is 30.9 Å². The van der Waals surface area contributed by atoms with Gasteiger partial charge in [0.2, 0.25) is 11.8 Å². The van der Waals surface area contributed by atoms with Crippen LogP contribution in [0.4, 0.5) is 0 Å². The van der Waals surface area contributed by atoms with Gasteiger partial charge in [0.1, 0.15) is 11.5 Å². The average molecular weight is 460 g/mol. The molecule has 0 aliphatic carbocycles. The van der Waals surface area contributed by atoms with Crippen molar-refractivity contribution in [1.29, 1.82) is 0 Å². The molecule has 0 aliphatic rings. The number of nitrogens with one attached hydrogen (secondary N) is 3. The topological polar surface area (TPSA) is 130 Å². The summed E-state index contributed by atoms with van der Waals surface area (Å²) in [5.74, 6) is -0.726. The minimum absolute atomic E-state index is 0.0395. The van der Waals surface area contributed by atoms with E-state index >= 15 is 0 Å². The van der Waals surface area contributed by atoms with Crippen molar-refractivity contribution in [3.05, 3.63) is 42.2 Å². The number of hydrogen-bond acceptors (Lipinski definition) is 6. The van der Waals surface area contributed by atoms with Gasteiger partial charge in [-0.1, -0.05) is 38.3 Å². The number of hydroxylamine groups is 1. The van der Waals surface area contributed by atoms with Crippen LogP contribution in [0.5, 0.6) is 5.75 Å². The number of benzene rings is 1. The van der Waals surface area contributed by atoms with Gasteiger partial charge in [-0.15, -0.1) is 0 Å². The van der Waals surface area contributed by atoms with Crippen molar-refractivity contribution in [2.45, 2.75) is 59.0 Å². The van der Waals surface area contributed by atoms with E-state index in [2.05, 4.69) is 10.6 Å². The molecule has 0 bridgehead atoms. The molecule has 0 saturated heterocycles. The molecule has 1 aromatic heterocycles. The van der Waals surface area contributed by atoms with Crippen LogP contribution in [-0.4, -0.2) is 35.7 Å².